The van der Waals surface area contributed by atoms with Crippen LogP contribution in [0, 0.1) is 0 Å². The van der Waals surface area contributed by atoms with E-state index in [4.69, 9.17) is 0 Å². The molecular formula is C8H14N4O. The summed E-state index contributed by atoms with van der Waals surface area (Å²) in [6.45, 7) is 3.92. The predicted octanol–water partition coefficient (Wildman–Crippen LogP) is 0.295. The number of amides is 1. The number of carbonyl (C=O) groups is 1. The third kappa shape index (κ3) is 1.85. The number of carbonyl (C=O) groups excluding carboxylic acids is 1. The van der Waals surface area contributed by atoms with Crippen molar-refractivity contribution in [1.29, 1.82) is 0 Å². The summed E-state index contributed by atoms with van der Waals surface area (Å²) in [6, 6.07) is 0.183. The standard InChI is InChI=1S/C8H14N4O/c1-6(2)11(3)8(13)7-5-9-10-12(7)4/h5-6H,1-4H3. The van der Waals surface area contributed by atoms with Gasteiger partial charge in [-0.3, -0.25) is 4.79 Å². The number of rotatable bonds is 2. The zero-order chi connectivity index (χ0) is 10.0. The van der Waals surface area contributed by atoms with Crippen LogP contribution < -0.4 is 0 Å². The van der Waals surface area contributed by atoms with Crippen molar-refractivity contribution >= 4 is 5.91 Å². The lowest BCUT2D eigenvalue weighted by molar-refractivity contribution is 0.0744. The van der Waals surface area contributed by atoms with E-state index in [2.05, 4.69) is 10.3 Å². The molecule has 0 fully saturated rings. The molecule has 0 radical (unpaired) electrons. The minimum atomic E-state index is -0.0532. The summed E-state index contributed by atoms with van der Waals surface area (Å²) in [5.74, 6) is -0.0532. The van der Waals surface area contributed by atoms with Crippen molar-refractivity contribution in [2.24, 2.45) is 7.05 Å². The highest BCUT2D eigenvalue weighted by Crippen LogP contribution is 2.02. The lowest BCUT2D eigenvalue weighted by atomic mass is 10.3. The zero-order valence-corrected chi connectivity index (χ0v) is 8.35. The van der Waals surface area contributed by atoms with E-state index < -0.39 is 0 Å². The average Bonchev–Trinajstić information content (AvgIpc) is 2.48. The van der Waals surface area contributed by atoms with Gasteiger partial charge in [0.25, 0.3) is 5.91 Å². The summed E-state index contributed by atoms with van der Waals surface area (Å²) >= 11 is 0. The monoisotopic (exact) mass is 182 g/mol. The van der Waals surface area contributed by atoms with E-state index in [0.29, 0.717) is 5.69 Å². The van der Waals surface area contributed by atoms with Gasteiger partial charge in [0, 0.05) is 20.1 Å². The molecule has 0 saturated heterocycles. The van der Waals surface area contributed by atoms with Crippen molar-refractivity contribution in [3.05, 3.63) is 11.9 Å². The molecule has 0 unspecified atom stereocenters. The summed E-state index contributed by atoms with van der Waals surface area (Å²) in [6.07, 6.45) is 1.47. The van der Waals surface area contributed by atoms with Crippen LogP contribution in [0.1, 0.15) is 24.3 Å². The SMILES string of the molecule is CC(C)N(C)C(=O)c1cnnn1C. The van der Waals surface area contributed by atoms with Crippen LogP contribution >= 0.6 is 0 Å². The molecule has 1 rings (SSSR count). The summed E-state index contributed by atoms with van der Waals surface area (Å²) in [4.78, 5) is 13.3. The van der Waals surface area contributed by atoms with E-state index in [0.717, 1.165) is 0 Å². The fourth-order valence-corrected chi connectivity index (χ4v) is 0.899. The average molecular weight is 182 g/mol. The third-order valence-corrected chi connectivity index (χ3v) is 2.03. The molecule has 5 nitrogen and oxygen atoms in total. The molecule has 0 aliphatic rings. The molecule has 72 valence electrons. The molecule has 0 bridgehead atoms. The molecule has 0 atom stereocenters. The van der Waals surface area contributed by atoms with Crippen molar-refractivity contribution in [3.8, 4) is 0 Å². The van der Waals surface area contributed by atoms with E-state index in [9.17, 15) is 4.79 Å². The Labute approximate surface area is 77.3 Å². The minimum absolute atomic E-state index is 0.0532. The number of hydrogen-bond donors (Lipinski definition) is 0. The normalized spacial score (nSPS) is 10.5. The fourth-order valence-electron chi connectivity index (χ4n) is 0.899. The van der Waals surface area contributed by atoms with Gasteiger partial charge in [-0.1, -0.05) is 5.21 Å². The van der Waals surface area contributed by atoms with Gasteiger partial charge in [0.15, 0.2) is 0 Å². The molecule has 0 saturated carbocycles. The van der Waals surface area contributed by atoms with Crippen LogP contribution in [-0.2, 0) is 7.05 Å². The van der Waals surface area contributed by atoms with Gasteiger partial charge < -0.3 is 4.90 Å². The van der Waals surface area contributed by atoms with E-state index >= 15 is 0 Å². The second-order valence-electron chi connectivity index (χ2n) is 3.25. The first-order chi connectivity index (χ1) is 6.04. The Kier molecular flexibility index (Phi) is 2.65. The molecule has 0 aliphatic carbocycles. The Morgan fingerprint density at radius 2 is 2.23 bits per heavy atom. The van der Waals surface area contributed by atoms with Gasteiger partial charge in [0.2, 0.25) is 0 Å². The summed E-state index contributed by atoms with van der Waals surface area (Å²) in [5.41, 5.74) is 0.510. The lowest BCUT2D eigenvalue weighted by Gasteiger charge is -2.20. The van der Waals surface area contributed by atoms with Crippen molar-refractivity contribution in [1.82, 2.24) is 19.9 Å². The zero-order valence-electron chi connectivity index (χ0n) is 8.35. The highest BCUT2D eigenvalue weighted by Gasteiger charge is 2.17. The molecule has 0 aromatic carbocycles. The molecule has 1 aromatic rings. The van der Waals surface area contributed by atoms with Crippen LogP contribution in [0.15, 0.2) is 6.20 Å². The Morgan fingerprint density at radius 3 is 2.62 bits per heavy atom. The van der Waals surface area contributed by atoms with Gasteiger partial charge in [-0.2, -0.15) is 0 Å². The molecule has 1 aromatic heterocycles. The topological polar surface area (TPSA) is 51.0 Å². The maximum Gasteiger partial charge on any atom is 0.273 e. The van der Waals surface area contributed by atoms with Gasteiger partial charge in [-0.05, 0) is 13.8 Å². The maximum atomic E-state index is 11.7. The molecule has 1 heterocycles. The van der Waals surface area contributed by atoms with Crippen LogP contribution in [-0.4, -0.2) is 38.9 Å². The second kappa shape index (κ2) is 3.55. The molecular weight excluding hydrogens is 168 g/mol. The number of aryl methyl sites for hydroxylation is 1. The van der Waals surface area contributed by atoms with Gasteiger partial charge in [0.05, 0.1) is 6.20 Å². The van der Waals surface area contributed by atoms with Gasteiger partial charge in [0.1, 0.15) is 5.69 Å². The van der Waals surface area contributed by atoms with E-state index in [1.807, 2.05) is 13.8 Å². The fraction of sp³-hybridized carbons (Fsp3) is 0.625. The minimum Gasteiger partial charge on any atom is -0.338 e. The van der Waals surface area contributed by atoms with Gasteiger partial charge in [-0.15, -0.1) is 5.10 Å². The van der Waals surface area contributed by atoms with Crippen molar-refractivity contribution in [2.75, 3.05) is 7.05 Å². The van der Waals surface area contributed by atoms with Crippen molar-refractivity contribution in [3.63, 3.8) is 0 Å². The highest BCUT2D eigenvalue weighted by molar-refractivity contribution is 5.92. The van der Waals surface area contributed by atoms with Gasteiger partial charge >= 0.3 is 0 Å². The lowest BCUT2D eigenvalue weighted by Crippen LogP contribution is -2.34. The van der Waals surface area contributed by atoms with Crippen LogP contribution in [0.2, 0.25) is 0 Å². The molecule has 0 N–H and O–H groups in total. The third-order valence-electron chi connectivity index (χ3n) is 2.03. The van der Waals surface area contributed by atoms with Crippen molar-refractivity contribution in [2.45, 2.75) is 19.9 Å². The first-order valence-electron chi connectivity index (χ1n) is 4.16. The first kappa shape index (κ1) is 9.70. The second-order valence-corrected chi connectivity index (χ2v) is 3.25. The Hall–Kier alpha value is -1.39. The predicted molar refractivity (Wildman–Crippen MR) is 48.2 cm³/mol. The Balaban J connectivity index is 2.86. The van der Waals surface area contributed by atoms with Gasteiger partial charge in [-0.25, -0.2) is 4.68 Å². The smallest absolute Gasteiger partial charge is 0.273 e. The van der Waals surface area contributed by atoms with Crippen LogP contribution in [0.4, 0.5) is 0 Å². The summed E-state index contributed by atoms with van der Waals surface area (Å²) < 4.78 is 1.47. The van der Waals surface area contributed by atoms with E-state index in [1.165, 1.54) is 10.9 Å². The number of hydrogen-bond acceptors (Lipinski definition) is 3. The van der Waals surface area contributed by atoms with Crippen LogP contribution in [0.5, 0.6) is 0 Å². The summed E-state index contributed by atoms with van der Waals surface area (Å²) in [5, 5.41) is 7.35. The maximum absolute atomic E-state index is 11.7. The highest BCUT2D eigenvalue weighted by atomic mass is 16.2. The number of nitrogens with zero attached hydrogens (tertiary/aromatic N) is 4. The molecule has 1 amide bonds. The Morgan fingerprint density at radius 1 is 1.62 bits per heavy atom. The van der Waals surface area contributed by atoms with E-state index in [-0.39, 0.29) is 11.9 Å². The molecule has 13 heavy (non-hydrogen) atoms. The number of aromatic nitrogens is 3. The van der Waals surface area contributed by atoms with Crippen molar-refractivity contribution < 1.29 is 4.79 Å². The molecule has 0 spiro atoms. The quantitative estimate of drug-likeness (QED) is 0.660. The molecule has 0 aliphatic heterocycles. The molecule has 5 heteroatoms. The largest absolute Gasteiger partial charge is 0.338 e. The summed E-state index contributed by atoms with van der Waals surface area (Å²) in [7, 11) is 3.47. The Bertz CT molecular complexity index is 305. The van der Waals surface area contributed by atoms with Crippen LogP contribution in [0.3, 0.4) is 0 Å². The first-order valence-corrected chi connectivity index (χ1v) is 4.16. The van der Waals surface area contributed by atoms with Crippen LogP contribution in [0.25, 0.3) is 0 Å². The van der Waals surface area contributed by atoms with E-state index in [1.54, 1.807) is 19.0 Å².